The number of nitrogens with zero attached hydrogens (tertiary/aromatic N) is 1. The zero-order valence-corrected chi connectivity index (χ0v) is 8.97. The number of aromatic nitrogens is 1. The number of rotatable bonds is 5. The summed E-state index contributed by atoms with van der Waals surface area (Å²) in [5.74, 6) is -0.358. The smallest absolute Gasteiger partial charge is 0.340 e. The van der Waals surface area contributed by atoms with Gasteiger partial charge in [-0.25, -0.2) is 9.78 Å². The first-order chi connectivity index (χ1) is 7.70. The lowest BCUT2D eigenvalue weighted by Crippen LogP contribution is -2.09. The van der Waals surface area contributed by atoms with Crippen LogP contribution in [0.4, 0.5) is 5.69 Å². The predicted molar refractivity (Wildman–Crippen MR) is 57.2 cm³/mol. The molecule has 0 radical (unpaired) electrons. The van der Waals surface area contributed by atoms with E-state index < -0.39 is 5.97 Å². The van der Waals surface area contributed by atoms with Gasteiger partial charge in [-0.3, -0.25) is 0 Å². The fourth-order valence-corrected chi connectivity index (χ4v) is 1.09. The van der Waals surface area contributed by atoms with E-state index in [9.17, 15) is 4.79 Å². The molecule has 0 aliphatic carbocycles. The molecule has 0 saturated heterocycles. The van der Waals surface area contributed by atoms with Crippen LogP contribution in [0.2, 0.25) is 0 Å². The van der Waals surface area contributed by atoms with Gasteiger partial charge in [0.2, 0.25) is 5.88 Å². The summed E-state index contributed by atoms with van der Waals surface area (Å²) in [5, 5.41) is 8.59. The second-order valence-corrected chi connectivity index (χ2v) is 2.99. The number of aliphatic hydroxyl groups excluding tert-OH is 1. The Balaban J connectivity index is 2.82. The third kappa shape index (κ3) is 2.83. The number of hydrogen-bond donors (Lipinski definition) is 2. The van der Waals surface area contributed by atoms with Crippen LogP contribution in [0.15, 0.2) is 12.3 Å². The number of carbonyl (C=O) groups is 1. The summed E-state index contributed by atoms with van der Waals surface area (Å²) in [5.41, 5.74) is 6.06. The molecule has 0 unspecified atom stereocenters. The molecule has 1 rings (SSSR count). The summed E-state index contributed by atoms with van der Waals surface area (Å²) in [6.45, 7) is 0.314. The summed E-state index contributed by atoms with van der Waals surface area (Å²) in [6, 6.07) is 1.46. The van der Waals surface area contributed by atoms with Gasteiger partial charge in [-0.2, -0.15) is 0 Å². The van der Waals surface area contributed by atoms with Crippen LogP contribution in [-0.2, 0) is 4.74 Å². The number of pyridine rings is 1. The molecule has 0 aliphatic heterocycles. The van der Waals surface area contributed by atoms with Crippen LogP contribution in [0.1, 0.15) is 16.8 Å². The standard InChI is InChI=1S/C10H14N2O4/c1-15-10(14)7-3-4-12-9(8(7)11)16-6-2-5-13/h3-4,13H,2,5-6,11H2,1H3. The van der Waals surface area contributed by atoms with Gasteiger partial charge in [0.25, 0.3) is 0 Å². The van der Waals surface area contributed by atoms with Crippen LogP contribution in [0.5, 0.6) is 5.88 Å². The molecule has 16 heavy (non-hydrogen) atoms. The summed E-state index contributed by atoms with van der Waals surface area (Å²) in [6.07, 6.45) is 1.89. The van der Waals surface area contributed by atoms with Crippen molar-refractivity contribution in [2.45, 2.75) is 6.42 Å². The third-order valence-electron chi connectivity index (χ3n) is 1.90. The molecule has 0 fully saturated rings. The molecule has 88 valence electrons. The van der Waals surface area contributed by atoms with Crippen molar-refractivity contribution in [2.24, 2.45) is 0 Å². The number of anilines is 1. The minimum atomic E-state index is -0.535. The maximum absolute atomic E-state index is 11.3. The Morgan fingerprint density at radius 2 is 2.38 bits per heavy atom. The normalized spacial score (nSPS) is 9.88. The first-order valence-electron chi connectivity index (χ1n) is 4.77. The lowest BCUT2D eigenvalue weighted by molar-refractivity contribution is 0.0601. The number of methoxy groups -OCH3 is 1. The molecule has 1 aromatic heterocycles. The Morgan fingerprint density at radius 1 is 1.62 bits per heavy atom. The fourth-order valence-electron chi connectivity index (χ4n) is 1.09. The fraction of sp³-hybridized carbons (Fsp3) is 0.400. The number of nitrogen functional groups attached to an aromatic ring is 1. The van der Waals surface area contributed by atoms with Crippen molar-refractivity contribution >= 4 is 11.7 Å². The maximum atomic E-state index is 11.3. The van der Waals surface area contributed by atoms with E-state index in [1.807, 2.05) is 0 Å². The molecule has 1 heterocycles. The van der Waals surface area contributed by atoms with Gasteiger partial charge in [0.05, 0.1) is 19.3 Å². The molecule has 0 aliphatic rings. The van der Waals surface area contributed by atoms with Gasteiger partial charge in [0.1, 0.15) is 5.69 Å². The van der Waals surface area contributed by atoms with Crippen molar-refractivity contribution in [1.82, 2.24) is 4.98 Å². The molecule has 0 bridgehead atoms. The number of hydrogen-bond acceptors (Lipinski definition) is 6. The molecular formula is C10H14N2O4. The van der Waals surface area contributed by atoms with Gasteiger partial charge in [-0.15, -0.1) is 0 Å². The number of ether oxygens (including phenoxy) is 2. The van der Waals surface area contributed by atoms with Crippen molar-refractivity contribution in [2.75, 3.05) is 26.1 Å². The zero-order valence-electron chi connectivity index (χ0n) is 8.97. The van der Waals surface area contributed by atoms with Gasteiger partial charge in [0, 0.05) is 19.2 Å². The topological polar surface area (TPSA) is 94.7 Å². The van der Waals surface area contributed by atoms with Crippen LogP contribution in [-0.4, -0.2) is 36.4 Å². The number of carbonyl (C=O) groups excluding carboxylic acids is 1. The monoisotopic (exact) mass is 226 g/mol. The minimum Gasteiger partial charge on any atom is -0.476 e. The second kappa shape index (κ2) is 5.92. The van der Waals surface area contributed by atoms with E-state index in [0.29, 0.717) is 13.0 Å². The van der Waals surface area contributed by atoms with E-state index in [-0.39, 0.29) is 23.7 Å². The first-order valence-corrected chi connectivity index (χ1v) is 4.77. The Bertz CT molecular complexity index is 368. The second-order valence-electron chi connectivity index (χ2n) is 2.99. The lowest BCUT2D eigenvalue weighted by atomic mass is 10.2. The highest BCUT2D eigenvalue weighted by molar-refractivity contribution is 5.95. The average molecular weight is 226 g/mol. The van der Waals surface area contributed by atoms with E-state index in [1.165, 1.54) is 19.4 Å². The SMILES string of the molecule is COC(=O)c1ccnc(OCCCO)c1N. The van der Waals surface area contributed by atoms with Crippen LogP contribution in [0.25, 0.3) is 0 Å². The summed E-state index contributed by atoms with van der Waals surface area (Å²) >= 11 is 0. The number of nitrogens with two attached hydrogens (primary N) is 1. The summed E-state index contributed by atoms with van der Waals surface area (Å²) in [4.78, 5) is 15.2. The highest BCUT2D eigenvalue weighted by Crippen LogP contribution is 2.22. The quantitative estimate of drug-likeness (QED) is 0.550. The van der Waals surface area contributed by atoms with Crippen molar-refractivity contribution in [3.8, 4) is 5.88 Å². The highest BCUT2D eigenvalue weighted by atomic mass is 16.5. The molecular weight excluding hydrogens is 212 g/mol. The molecule has 3 N–H and O–H groups in total. The van der Waals surface area contributed by atoms with E-state index in [1.54, 1.807) is 0 Å². The van der Waals surface area contributed by atoms with E-state index in [4.69, 9.17) is 15.6 Å². The van der Waals surface area contributed by atoms with Crippen molar-refractivity contribution in [3.63, 3.8) is 0 Å². The van der Waals surface area contributed by atoms with Crippen LogP contribution >= 0.6 is 0 Å². The van der Waals surface area contributed by atoms with E-state index in [2.05, 4.69) is 9.72 Å². The van der Waals surface area contributed by atoms with Crippen molar-refractivity contribution in [1.29, 1.82) is 0 Å². The Labute approximate surface area is 93.0 Å². The molecule has 0 atom stereocenters. The van der Waals surface area contributed by atoms with Crippen molar-refractivity contribution < 1.29 is 19.4 Å². The molecule has 0 aromatic carbocycles. The zero-order chi connectivity index (χ0) is 12.0. The van der Waals surface area contributed by atoms with Gasteiger partial charge >= 0.3 is 5.97 Å². The maximum Gasteiger partial charge on any atom is 0.340 e. The predicted octanol–water partition coefficient (Wildman–Crippen LogP) is 0.212. The largest absolute Gasteiger partial charge is 0.476 e. The summed E-state index contributed by atoms with van der Waals surface area (Å²) < 4.78 is 9.76. The van der Waals surface area contributed by atoms with Crippen molar-refractivity contribution in [3.05, 3.63) is 17.8 Å². The van der Waals surface area contributed by atoms with E-state index >= 15 is 0 Å². The third-order valence-corrected chi connectivity index (χ3v) is 1.90. The molecule has 0 amide bonds. The van der Waals surface area contributed by atoms with Crippen LogP contribution < -0.4 is 10.5 Å². The summed E-state index contributed by atoms with van der Waals surface area (Å²) in [7, 11) is 1.27. The highest BCUT2D eigenvalue weighted by Gasteiger charge is 2.14. The average Bonchev–Trinajstić information content (AvgIpc) is 2.30. The van der Waals surface area contributed by atoms with Crippen LogP contribution in [0.3, 0.4) is 0 Å². The van der Waals surface area contributed by atoms with Gasteiger partial charge in [0.15, 0.2) is 0 Å². The first kappa shape index (κ1) is 12.3. The Morgan fingerprint density at radius 3 is 3.00 bits per heavy atom. The Kier molecular flexibility index (Phi) is 4.53. The molecule has 0 spiro atoms. The molecule has 1 aromatic rings. The van der Waals surface area contributed by atoms with Gasteiger partial charge in [-0.05, 0) is 6.07 Å². The number of aliphatic hydroxyl groups is 1. The molecule has 6 heteroatoms. The van der Waals surface area contributed by atoms with Gasteiger partial charge in [-0.1, -0.05) is 0 Å². The molecule has 6 nitrogen and oxygen atoms in total. The van der Waals surface area contributed by atoms with E-state index in [0.717, 1.165) is 0 Å². The van der Waals surface area contributed by atoms with Gasteiger partial charge < -0.3 is 20.3 Å². The molecule has 0 saturated carbocycles. The minimum absolute atomic E-state index is 0.0244. The Hall–Kier alpha value is -1.82. The lowest BCUT2D eigenvalue weighted by Gasteiger charge is -2.09. The van der Waals surface area contributed by atoms with Crippen LogP contribution in [0, 0.1) is 0 Å². The number of esters is 1.